The molecule has 1 aliphatic rings. The first-order valence-corrected chi connectivity index (χ1v) is 10.4. The van der Waals surface area contributed by atoms with Crippen LogP contribution in [0.5, 0.6) is 5.75 Å². The molecule has 1 aromatic heterocycles. The van der Waals surface area contributed by atoms with Crippen LogP contribution in [0.3, 0.4) is 0 Å². The molecule has 1 saturated heterocycles. The van der Waals surface area contributed by atoms with Crippen molar-refractivity contribution >= 4 is 28.3 Å². The van der Waals surface area contributed by atoms with Crippen molar-refractivity contribution in [1.82, 2.24) is 4.90 Å². The molecule has 2 heterocycles. The van der Waals surface area contributed by atoms with Gasteiger partial charge in [0.25, 0.3) is 0 Å². The third-order valence-corrected chi connectivity index (χ3v) is 5.84. The second kappa shape index (κ2) is 8.89. The SMILES string of the molecule is Cc1c(Cl)cccc1N1CCN(CCCOc2ccc3ccc(=O)oc3c2)CC1. The van der Waals surface area contributed by atoms with Crippen LogP contribution in [0.15, 0.2) is 57.7 Å². The number of nitrogens with zero attached hydrogens (tertiary/aromatic N) is 2. The Morgan fingerprint density at radius 3 is 2.69 bits per heavy atom. The van der Waals surface area contributed by atoms with E-state index in [2.05, 4.69) is 22.8 Å². The van der Waals surface area contributed by atoms with Gasteiger partial charge in [0, 0.05) is 61.0 Å². The highest BCUT2D eigenvalue weighted by molar-refractivity contribution is 6.31. The molecule has 2 aromatic carbocycles. The Labute approximate surface area is 175 Å². The van der Waals surface area contributed by atoms with Crippen LogP contribution in [-0.4, -0.2) is 44.2 Å². The number of anilines is 1. The monoisotopic (exact) mass is 412 g/mol. The lowest BCUT2D eigenvalue weighted by atomic mass is 10.1. The van der Waals surface area contributed by atoms with Crippen LogP contribution in [-0.2, 0) is 0 Å². The number of hydrogen-bond acceptors (Lipinski definition) is 5. The maximum atomic E-state index is 11.4. The number of hydrogen-bond donors (Lipinski definition) is 0. The van der Waals surface area contributed by atoms with Crippen LogP contribution in [0, 0.1) is 6.92 Å². The van der Waals surface area contributed by atoms with Crippen molar-refractivity contribution in [1.29, 1.82) is 0 Å². The molecule has 0 aliphatic carbocycles. The minimum absolute atomic E-state index is 0.346. The van der Waals surface area contributed by atoms with E-state index in [1.165, 1.54) is 11.8 Å². The molecule has 3 aromatic rings. The summed E-state index contributed by atoms with van der Waals surface area (Å²) in [4.78, 5) is 16.2. The summed E-state index contributed by atoms with van der Waals surface area (Å²) in [7, 11) is 0. The van der Waals surface area contributed by atoms with Crippen LogP contribution in [0.1, 0.15) is 12.0 Å². The van der Waals surface area contributed by atoms with Crippen molar-refractivity contribution in [2.45, 2.75) is 13.3 Å². The van der Waals surface area contributed by atoms with Gasteiger partial charge in [-0.2, -0.15) is 0 Å². The summed E-state index contributed by atoms with van der Waals surface area (Å²) >= 11 is 6.26. The molecule has 152 valence electrons. The van der Waals surface area contributed by atoms with E-state index in [0.717, 1.165) is 60.9 Å². The predicted molar refractivity (Wildman–Crippen MR) is 117 cm³/mol. The highest BCUT2D eigenvalue weighted by Crippen LogP contribution is 2.27. The fourth-order valence-corrected chi connectivity index (χ4v) is 3.93. The first kappa shape index (κ1) is 19.8. The van der Waals surface area contributed by atoms with Crippen LogP contribution in [0.2, 0.25) is 5.02 Å². The number of rotatable bonds is 6. The van der Waals surface area contributed by atoms with Crippen molar-refractivity contribution < 1.29 is 9.15 Å². The Kier molecular flexibility index (Phi) is 6.07. The van der Waals surface area contributed by atoms with Crippen LogP contribution < -0.4 is 15.3 Å². The third-order valence-electron chi connectivity index (χ3n) is 5.43. The normalized spacial score (nSPS) is 15.0. The first-order valence-electron chi connectivity index (χ1n) is 9.99. The van der Waals surface area contributed by atoms with Crippen molar-refractivity contribution in [2.24, 2.45) is 0 Å². The largest absolute Gasteiger partial charge is 0.493 e. The summed E-state index contributed by atoms with van der Waals surface area (Å²) in [6.07, 6.45) is 0.951. The van der Waals surface area contributed by atoms with E-state index >= 15 is 0 Å². The topological polar surface area (TPSA) is 45.9 Å². The minimum Gasteiger partial charge on any atom is -0.493 e. The van der Waals surface area contributed by atoms with Crippen molar-refractivity contribution in [3.8, 4) is 5.75 Å². The van der Waals surface area contributed by atoms with E-state index in [1.807, 2.05) is 24.3 Å². The molecular weight excluding hydrogens is 388 g/mol. The average Bonchev–Trinajstić information content (AvgIpc) is 2.73. The maximum Gasteiger partial charge on any atom is 0.336 e. The van der Waals surface area contributed by atoms with Gasteiger partial charge in [-0.3, -0.25) is 4.90 Å². The molecule has 4 rings (SSSR count). The lowest BCUT2D eigenvalue weighted by Gasteiger charge is -2.37. The highest BCUT2D eigenvalue weighted by Gasteiger charge is 2.18. The summed E-state index contributed by atoms with van der Waals surface area (Å²) in [5.74, 6) is 0.730. The number of ether oxygens (including phenoxy) is 1. The van der Waals surface area contributed by atoms with Gasteiger partial charge >= 0.3 is 5.63 Å². The molecule has 6 heteroatoms. The molecular formula is C23H25ClN2O3. The number of benzene rings is 2. The van der Waals surface area contributed by atoms with Gasteiger partial charge in [-0.25, -0.2) is 4.79 Å². The second-order valence-corrected chi connectivity index (χ2v) is 7.78. The second-order valence-electron chi connectivity index (χ2n) is 7.37. The molecule has 0 N–H and O–H groups in total. The molecule has 5 nitrogen and oxygen atoms in total. The van der Waals surface area contributed by atoms with Crippen LogP contribution in [0.4, 0.5) is 5.69 Å². The van der Waals surface area contributed by atoms with Gasteiger partial charge in [0.15, 0.2) is 0 Å². The number of halogens is 1. The first-order chi connectivity index (χ1) is 14.1. The summed E-state index contributed by atoms with van der Waals surface area (Å²) < 4.78 is 11.1. The molecule has 0 unspecified atom stereocenters. The smallest absolute Gasteiger partial charge is 0.336 e. The zero-order valence-electron chi connectivity index (χ0n) is 16.6. The lowest BCUT2D eigenvalue weighted by Crippen LogP contribution is -2.47. The summed E-state index contributed by atoms with van der Waals surface area (Å²) in [6, 6.07) is 14.9. The molecule has 0 spiro atoms. The van der Waals surface area contributed by atoms with Gasteiger partial charge in [0.2, 0.25) is 0 Å². The van der Waals surface area contributed by atoms with E-state index in [1.54, 1.807) is 12.1 Å². The standard InChI is InChI=1S/C23H25ClN2O3/c1-17-20(24)4-2-5-21(17)26-13-11-25(12-14-26)10-3-15-28-19-8-6-18-7-9-23(27)29-22(18)16-19/h2,4-9,16H,3,10-15H2,1H3. The Bertz CT molecular complexity index is 1040. The fourth-order valence-electron chi connectivity index (χ4n) is 3.76. The van der Waals surface area contributed by atoms with Crippen molar-refractivity contribution in [2.75, 3.05) is 44.2 Å². The molecule has 0 atom stereocenters. The van der Waals surface area contributed by atoms with E-state index in [-0.39, 0.29) is 5.63 Å². The third kappa shape index (κ3) is 4.74. The zero-order valence-corrected chi connectivity index (χ0v) is 17.3. The van der Waals surface area contributed by atoms with E-state index in [0.29, 0.717) is 12.2 Å². The molecule has 0 amide bonds. The molecule has 0 saturated carbocycles. The summed E-state index contributed by atoms with van der Waals surface area (Å²) in [5.41, 5.74) is 2.61. The Hall–Kier alpha value is -2.50. The van der Waals surface area contributed by atoms with Gasteiger partial charge in [0.05, 0.1) is 6.61 Å². The van der Waals surface area contributed by atoms with Gasteiger partial charge in [-0.1, -0.05) is 17.7 Å². The molecule has 0 radical (unpaired) electrons. The Morgan fingerprint density at radius 1 is 1.07 bits per heavy atom. The minimum atomic E-state index is -0.346. The van der Waals surface area contributed by atoms with Gasteiger partial charge < -0.3 is 14.1 Å². The maximum absolute atomic E-state index is 11.4. The van der Waals surface area contributed by atoms with E-state index < -0.39 is 0 Å². The van der Waals surface area contributed by atoms with Gasteiger partial charge in [-0.05, 0) is 49.2 Å². The van der Waals surface area contributed by atoms with Crippen molar-refractivity contribution in [3.63, 3.8) is 0 Å². The quantitative estimate of drug-likeness (QED) is 0.445. The van der Waals surface area contributed by atoms with Crippen LogP contribution >= 0.6 is 11.6 Å². The molecule has 0 bridgehead atoms. The van der Waals surface area contributed by atoms with Crippen molar-refractivity contribution in [3.05, 3.63) is 69.5 Å². The van der Waals surface area contributed by atoms with E-state index in [4.69, 9.17) is 20.8 Å². The summed E-state index contributed by atoms with van der Waals surface area (Å²) in [5, 5.41) is 1.72. The molecule has 29 heavy (non-hydrogen) atoms. The Balaban J connectivity index is 1.23. The number of piperazine rings is 1. The summed E-state index contributed by atoms with van der Waals surface area (Å²) in [6.45, 7) is 7.80. The lowest BCUT2D eigenvalue weighted by molar-refractivity contribution is 0.224. The number of fused-ring (bicyclic) bond motifs is 1. The molecule has 1 fully saturated rings. The molecule has 1 aliphatic heterocycles. The Morgan fingerprint density at radius 2 is 1.86 bits per heavy atom. The van der Waals surface area contributed by atoms with E-state index in [9.17, 15) is 4.79 Å². The van der Waals surface area contributed by atoms with Crippen LogP contribution in [0.25, 0.3) is 11.0 Å². The fraction of sp³-hybridized carbons (Fsp3) is 0.348. The highest BCUT2D eigenvalue weighted by atomic mass is 35.5. The van der Waals surface area contributed by atoms with Gasteiger partial charge in [0.1, 0.15) is 11.3 Å². The average molecular weight is 413 g/mol. The predicted octanol–water partition coefficient (Wildman–Crippen LogP) is 4.35. The van der Waals surface area contributed by atoms with Gasteiger partial charge in [-0.15, -0.1) is 0 Å². The zero-order chi connectivity index (χ0) is 20.2.